The Bertz CT molecular complexity index is 616. The molecule has 7 heteroatoms. The second-order valence-electron chi connectivity index (χ2n) is 6.54. The number of hydrogen-bond acceptors (Lipinski definition) is 4. The van der Waals surface area contributed by atoms with Crippen LogP contribution in [0.15, 0.2) is 30.3 Å². The lowest BCUT2D eigenvalue weighted by Gasteiger charge is -2.25. The van der Waals surface area contributed by atoms with Gasteiger partial charge >= 0.3 is 12.0 Å². The highest BCUT2D eigenvalue weighted by Gasteiger charge is 2.30. The van der Waals surface area contributed by atoms with Crippen LogP contribution >= 0.6 is 0 Å². The zero-order chi connectivity index (χ0) is 18.9. The number of nitrogens with zero attached hydrogens (tertiary/aromatic N) is 1. The average molecular weight is 361 g/mol. The van der Waals surface area contributed by atoms with Gasteiger partial charge in [0, 0.05) is 13.6 Å². The Morgan fingerprint density at radius 1 is 1.23 bits per heavy atom. The van der Waals surface area contributed by atoms with Gasteiger partial charge in [-0.25, -0.2) is 4.79 Å². The minimum absolute atomic E-state index is 0.113. The molecule has 2 rings (SSSR count). The molecule has 0 spiro atoms. The van der Waals surface area contributed by atoms with Gasteiger partial charge in [-0.1, -0.05) is 30.3 Å². The minimum atomic E-state index is -0.660. The van der Waals surface area contributed by atoms with Crippen LogP contribution in [-0.4, -0.2) is 56.1 Å². The van der Waals surface area contributed by atoms with Gasteiger partial charge in [-0.15, -0.1) is 0 Å². The molecular weight excluding hydrogens is 334 g/mol. The number of carbonyl (C=O) groups excluding carboxylic acids is 3. The van der Waals surface area contributed by atoms with Crippen LogP contribution in [0.4, 0.5) is 4.79 Å². The van der Waals surface area contributed by atoms with Crippen molar-refractivity contribution in [2.45, 2.75) is 31.7 Å². The summed E-state index contributed by atoms with van der Waals surface area (Å²) in [6.07, 6.45) is 3.25. The zero-order valence-corrected chi connectivity index (χ0v) is 15.4. The van der Waals surface area contributed by atoms with Crippen molar-refractivity contribution in [2.24, 2.45) is 5.92 Å². The first-order valence-electron chi connectivity index (χ1n) is 8.91. The maximum atomic E-state index is 12.6. The molecule has 1 aromatic carbocycles. The van der Waals surface area contributed by atoms with Gasteiger partial charge in [0.15, 0.2) is 0 Å². The predicted molar refractivity (Wildman–Crippen MR) is 97.5 cm³/mol. The number of carbonyl (C=O) groups is 3. The summed E-state index contributed by atoms with van der Waals surface area (Å²) in [5.41, 5.74) is 1.10. The highest BCUT2D eigenvalue weighted by molar-refractivity contribution is 5.88. The van der Waals surface area contributed by atoms with E-state index in [0.717, 1.165) is 18.4 Å². The fraction of sp³-hybridized carbons (Fsp3) is 0.526. The summed E-state index contributed by atoms with van der Waals surface area (Å²) in [7, 11) is 2.84. The molecule has 0 aromatic heterocycles. The highest BCUT2D eigenvalue weighted by atomic mass is 16.5. The molecule has 0 saturated heterocycles. The molecule has 142 valence electrons. The van der Waals surface area contributed by atoms with Crippen LogP contribution in [0, 0.1) is 5.92 Å². The lowest BCUT2D eigenvalue weighted by molar-refractivity contribution is -0.141. The van der Waals surface area contributed by atoms with Crippen molar-refractivity contribution >= 4 is 17.9 Å². The SMILES string of the molecule is CNC(=O)[C@H](CCc1ccccc1)NC(=O)N(CC(=O)OC)CC1CC1. The summed E-state index contributed by atoms with van der Waals surface area (Å²) in [5, 5.41) is 5.35. The van der Waals surface area contributed by atoms with Crippen molar-refractivity contribution < 1.29 is 19.1 Å². The molecule has 1 atom stereocenters. The van der Waals surface area contributed by atoms with Crippen LogP contribution in [0.25, 0.3) is 0 Å². The van der Waals surface area contributed by atoms with E-state index in [1.807, 2.05) is 30.3 Å². The summed E-state index contributed by atoms with van der Waals surface area (Å²) < 4.78 is 4.67. The van der Waals surface area contributed by atoms with Gasteiger partial charge in [-0.3, -0.25) is 9.59 Å². The second-order valence-corrected chi connectivity index (χ2v) is 6.54. The van der Waals surface area contributed by atoms with E-state index >= 15 is 0 Å². The molecule has 0 heterocycles. The first kappa shape index (κ1) is 19.8. The van der Waals surface area contributed by atoms with Crippen molar-refractivity contribution in [1.29, 1.82) is 0 Å². The van der Waals surface area contributed by atoms with Gasteiger partial charge < -0.3 is 20.3 Å². The average Bonchev–Trinajstić information content (AvgIpc) is 3.48. The number of ether oxygens (including phenoxy) is 1. The van der Waals surface area contributed by atoms with E-state index in [9.17, 15) is 14.4 Å². The zero-order valence-electron chi connectivity index (χ0n) is 15.4. The molecule has 0 bridgehead atoms. The highest BCUT2D eigenvalue weighted by Crippen LogP contribution is 2.29. The number of benzene rings is 1. The Morgan fingerprint density at radius 2 is 1.92 bits per heavy atom. The summed E-state index contributed by atoms with van der Waals surface area (Å²) in [5.74, 6) is -0.298. The second kappa shape index (κ2) is 9.79. The van der Waals surface area contributed by atoms with Gasteiger partial charge in [0.1, 0.15) is 12.6 Å². The van der Waals surface area contributed by atoms with Crippen molar-refractivity contribution in [2.75, 3.05) is 27.2 Å². The predicted octanol–water partition coefficient (Wildman–Crippen LogP) is 1.33. The van der Waals surface area contributed by atoms with Crippen LogP contribution in [0.1, 0.15) is 24.8 Å². The molecule has 0 unspecified atom stereocenters. The van der Waals surface area contributed by atoms with Crippen molar-refractivity contribution in [3.8, 4) is 0 Å². The van der Waals surface area contributed by atoms with Gasteiger partial charge in [-0.2, -0.15) is 0 Å². The van der Waals surface area contributed by atoms with Crippen LogP contribution in [-0.2, 0) is 20.7 Å². The molecule has 3 amide bonds. The minimum Gasteiger partial charge on any atom is -0.468 e. The maximum absolute atomic E-state index is 12.6. The van der Waals surface area contributed by atoms with E-state index in [1.165, 1.54) is 12.0 Å². The Morgan fingerprint density at radius 3 is 2.50 bits per heavy atom. The van der Waals surface area contributed by atoms with E-state index in [0.29, 0.717) is 25.3 Å². The number of hydrogen-bond donors (Lipinski definition) is 2. The largest absolute Gasteiger partial charge is 0.468 e. The number of methoxy groups -OCH3 is 1. The lowest BCUT2D eigenvalue weighted by atomic mass is 10.0. The van der Waals surface area contributed by atoms with Crippen molar-refractivity contribution in [1.82, 2.24) is 15.5 Å². The summed E-state index contributed by atoms with van der Waals surface area (Å²) in [4.78, 5) is 37.8. The molecule has 1 fully saturated rings. The smallest absolute Gasteiger partial charge is 0.325 e. The van der Waals surface area contributed by atoms with Gasteiger partial charge in [-0.05, 0) is 37.2 Å². The van der Waals surface area contributed by atoms with Gasteiger partial charge in [0.05, 0.1) is 7.11 Å². The van der Waals surface area contributed by atoms with E-state index in [4.69, 9.17) is 0 Å². The van der Waals surface area contributed by atoms with E-state index < -0.39 is 18.0 Å². The third-order valence-electron chi connectivity index (χ3n) is 4.44. The number of rotatable bonds is 9. The molecule has 2 N–H and O–H groups in total. The first-order valence-corrected chi connectivity index (χ1v) is 8.91. The maximum Gasteiger partial charge on any atom is 0.325 e. The number of nitrogens with one attached hydrogen (secondary N) is 2. The fourth-order valence-electron chi connectivity index (χ4n) is 2.69. The molecule has 7 nitrogen and oxygen atoms in total. The number of likely N-dealkylation sites (N-methyl/N-ethyl adjacent to an activating group) is 1. The topological polar surface area (TPSA) is 87.7 Å². The molecule has 26 heavy (non-hydrogen) atoms. The van der Waals surface area contributed by atoms with Crippen LogP contribution in [0.2, 0.25) is 0 Å². The van der Waals surface area contributed by atoms with E-state index in [1.54, 1.807) is 7.05 Å². The van der Waals surface area contributed by atoms with E-state index in [-0.39, 0.29) is 12.5 Å². The monoisotopic (exact) mass is 361 g/mol. The third-order valence-corrected chi connectivity index (χ3v) is 4.44. The van der Waals surface area contributed by atoms with Crippen LogP contribution in [0.3, 0.4) is 0 Å². The quantitative estimate of drug-likeness (QED) is 0.650. The lowest BCUT2D eigenvalue weighted by Crippen LogP contribution is -2.52. The number of amides is 3. The molecule has 1 aromatic rings. The van der Waals surface area contributed by atoms with Crippen molar-refractivity contribution in [3.05, 3.63) is 35.9 Å². The Balaban J connectivity index is 1.97. The van der Waals surface area contributed by atoms with Crippen LogP contribution < -0.4 is 10.6 Å². The molecule has 1 aliphatic carbocycles. The molecule has 0 aliphatic heterocycles. The molecule has 1 saturated carbocycles. The number of aryl methyl sites for hydroxylation is 1. The normalized spacial score (nSPS) is 14.2. The van der Waals surface area contributed by atoms with Gasteiger partial charge in [0.2, 0.25) is 5.91 Å². The standard InChI is InChI=1S/C19H27N3O4/c1-20-18(24)16(11-10-14-6-4-3-5-7-14)21-19(25)22(12-15-8-9-15)13-17(23)26-2/h3-7,15-16H,8-13H2,1-2H3,(H,20,24)(H,21,25)/t16-/m0/s1. The number of esters is 1. The first-order chi connectivity index (χ1) is 12.5. The Kier molecular flexibility index (Phi) is 7.44. The third kappa shape index (κ3) is 6.38. The van der Waals surface area contributed by atoms with Crippen molar-refractivity contribution in [3.63, 3.8) is 0 Å². The molecule has 0 radical (unpaired) electrons. The fourth-order valence-corrected chi connectivity index (χ4v) is 2.69. The van der Waals surface area contributed by atoms with E-state index in [2.05, 4.69) is 15.4 Å². The van der Waals surface area contributed by atoms with Gasteiger partial charge in [0.25, 0.3) is 0 Å². The Hall–Kier alpha value is -2.57. The number of urea groups is 1. The summed E-state index contributed by atoms with van der Waals surface area (Å²) in [6, 6.07) is 8.71. The summed E-state index contributed by atoms with van der Waals surface area (Å²) >= 11 is 0. The molecule has 1 aliphatic rings. The molecular formula is C19H27N3O4. The summed E-state index contributed by atoms with van der Waals surface area (Å²) in [6.45, 7) is 0.387. The van der Waals surface area contributed by atoms with Crippen LogP contribution in [0.5, 0.6) is 0 Å². The Labute approximate surface area is 154 Å².